The Balaban J connectivity index is 3.08. The predicted octanol–water partition coefficient (Wildman–Crippen LogP) is 2.20. The minimum Gasteiger partial charge on any atom is -0.212 e. The molecule has 72 valence electrons. The maximum atomic E-state index is 13.0. The van der Waals surface area contributed by atoms with E-state index >= 15 is 0 Å². The number of hydrogen-bond donors (Lipinski definition) is 0. The van der Waals surface area contributed by atoms with Gasteiger partial charge in [0.1, 0.15) is 5.82 Å². The van der Waals surface area contributed by atoms with E-state index in [1.807, 2.05) is 0 Å². The summed E-state index contributed by atoms with van der Waals surface area (Å²) in [6.07, 6.45) is 0. The average Bonchev–Trinajstić information content (AvgIpc) is 1.94. The highest BCUT2D eigenvalue weighted by molar-refractivity contribution is 8.13. The van der Waals surface area contributed by atoms with Crippen molar-refractivity contribution in [1.82, 2.24) is 0 Å². The Hall–Kier alpha value is -0.610. The van der Waals surface area contributed by atoms with Crippen LogP contribution in [-0.4, -0.2) is 8.42 Å². The van der Waals surface area contributed by atoms with Gasteiger partial charge in [-0.2, -0.15) is 0 Å². The lowest BCUT2D eigenvalue weighted by Gasteiger charge is -2.01. The minimum atomic E-state index is -3.68. The van der Waals surface area contributed by atoms with Crippen LogP contribution in [0.3, 0.4) is 0 Å². The summed E-state index contributed by atoms with van der Waals surface area (Å²) in [6.45, 7) is 1.75. The van der Waals surface area contributed by atoms with Crippen molar-refractivity contribution in [2.24, 2.45) is 0 Å². The molecule has 1 aromatic carbocycles. The van der Waals surface area contributed by atoms with Crippen molar-refractivity contribution in [1.29, 1.82) is 0 Å². The summed E-state index contributed by atoms with van der Waals surface area (Å²) in [5.74, 6) is -1.02. The van der Waals surface area contributed by atoms with Crippen LogP contribution < -0.4 is 0 Å². The van der Waals surface area contributed by atoms with Crippen LogP contribution in [0.4, 0.5) is 4.39 Å². The zero-order chi connectivity index (χ0) is 10.1. The van der Waals surface area contributed by atoms with Crippen molar-refractivity contribution in [3.05, 3.63) is 35.1 Å². The van der Waals surface area contributed by atoms with Crippen molar-refractivity contribution in [3.8, 4) is 0 Å². The van der Waals surface area contributed by atoms with E-state index in [1.165, 1.54) is 12.1 Å². The molecule has 1 rings (SSSR count). The van der Waals surface area contributed by atoms with E-state index in [4.69, 9.17) is 10.7 Å². The van der Waals surface area contributed by atoms with Crippen LogP contribution >= 0.6 is 10.7 Å². The molecule has 0 N–H and O–H groups in total. The first-order valence-corrected chi connectivity index (χ1v) is 6.04. The van der Waals surface area contributed by atoms with Crippen LogP contribution in [0.5, 0.6) is 0 Å². The number of rotatable bonds is 2. The highest BCUT2D eigenvalue weighted by atomic mass is 35.7. The molecule has 2 nitrogen and oxygen atoms in total. The van der Waals surface area contributed by atoms with Crippen LogP contribution in [0.15, 0.2) is 18.2 Å². The second-order valence-corrected chi connectivity index (χ2v) is 5.55. The molecule has 0 aliphatic rings. The molecule has 0 unspecified atom stereocenters. The fraction of sp³-hybridized carbons (Fsp3) is 0.250. The molecule has 0 heterocycles. The number of hydrogen-bond acceptors (Lipinski definition) is 2. The molecule has 0 saturated carbocycles. The Morgan fingerprint density at radius 3 is 2.62 bits per heavy atom. The second-order valence-electron chi connectivity index (χ2n) is 2.78. The van der Waals surface area contributed by atoms with Gasteiger partial charge in [-0.25, -0.2) is 12.8 Å². The zero-order valence-electron chi connectivity index (χ0n) is 6.92. The number of aryl methyl sites for hydroxylation is 1. The first-order chi connectivity index (χ1) is 5.88. The van der Waals surface area contributed by atoms with Crippen molar-refractivity contribution in [2.75, 3.05) is 0 Å². The summed E-state index contributed by atoms with van der Waals surface area (Å²) < 4.78 is 34.3. The monoisotopic (exact) mass is 222 g/mol. The molecule has 0 radical (unpaired) electrons. The molecule has 0 amide bonds. The molecule has 0 aliphatic heterocycles. The summed E-state index contributed by atoms with van der Waals surface area (Å²) >= 11 is 0. The van der Waals surface area contributed by atoms with Gasteiger partial charge in [0.05, 0.1) is 5.75 Å². The third-order valence-corrected chi connectivity index (χ3v) is 2.51. The Labute approximate surface area is 80.8 Å². The fourth-order valence-electron chi connectivity index (χ4n) is 1.000. The molecule has 0 saturated heterocycles. The summed E-state index contributed by atoms with van der Waals surface area (Å²) in [7, 11) is 1.31. The van der Waals surface area contributed by atoms with E-state index in [2.05, 4.69) is 0 Å². The molecule has 0 aromatic heterocycles. The topological polar surface area (TPSA) is 34.1 Å². The van der Waals surface area contributed by atoms with Crippen molar-refractivity contribution in [3.63, 3.8) is 0 Å². The van der Waals surface area contributed by atoms with E-state index in [-0.39, 0.29) is 5.56 Å². The summed E-state index contributed by atoms with van der Waals surface area (Å²) in [5.41, 5.74) is 0.909. The van der Waals surface area contributed by atoms with Gasteiger partial charge in [0.2, 0.25) is 9.05 Å². The van der Waals surface area contributed by atoms with Gasteiger partial charge in [-0.1, -0.05) is 17.7 Å². The molecular formula is C8H8ClFO2S. The average molecular weight is 223 g/mol. The molecule has 0 spiro atoms. The van der Waals surface area contributed by atoms with Gasteiger partial charge in [0.25, 0.3) is 0 Å². The maximum Gasteiger partial charge on any atom is 0.236 e. The van der Waals surface area contributed by atoms with Crippen LogP contribution in [0, 0.1) is 12.7 Å². The Morgan fingerprint density at radius 1 is 1.46 bits per heavy atom. The Kier molecular flexibility index (Phi) is 2.93. The molecule has 5 heteroatoms. The lowest BCUT2D eigenvalue weighted by Crippen LogP contribution is -1.98. The number of benzene rings is 1. The molecule has 1 aromatic rings. The first-order valence-electron chi connectivity index (χ1n) is 3.56. The van der Waals surface area contributed by atoms with Gasteiger partial charge in [-0.15, -0.1) is 0 Å². The Morgan fingerprint density at radius 2 is 2.08 bits per heavy atom. The number of halogens is 2. The largest absolute Gasteiger partial charge is 0.236 e. The molecule has 0 aliphatic carbocycles. The van der Waals surface area contributed by atoms with Crippen molar-refractivity contribution >= 4 is 19.7 Å². The van der Waals surface area contributed by atoms with E-state index in [1.54, 1.807) is 13.0 Å². The van der Waals surface area contributed by atoms with E-state index in [0.29, 0.717) is 0 Å². The van der Waals surface area contributed by atoms with E-state index < -0.39 is 20.6 Å². The highest BCUT2D eigenvalue weighted by Crippen LogP contribution is 2.15. The normalized spacial score (nSPS) is 11.6. The smallest absolute Gasteiger partial charge is 0.212 e. The lowest BCUT2D eigenvalue weighted by atomic mass is 10.1. The van der Waals surface area contributed by atoms with Gasteiger partial charge in [0, 0.05) is 16.2 Å². The molecule has 0 atom stereocenters. The highest BCUT2D eigenvalue weighted by Gasteiger charge is 2.11. The van der Waals surface area contributed by atoms with Gasteiger partial charge < -0.3 is 0 Å². The molecular weight excluding hydrogens is 215 g/mol. The van der Waals surface area contributed by atoms with Crippen LogP contribution in [0.2, 0.25) is 0 Å². The summed E-state index contributed by atoms with van der Waals surface area (Å²) in [6, 6.07) is 4.27. The standard InChI is InChI=1S/C8H8ClFO2S/c1-6-2-3-8(10)7(4-6)5-13(9,11)12/h2-4H,5H2,1H3. The maximum absolute atomic E-state index is 13.0. The second kappa shape index (κ2) is 3.64. The zero-order valence-corrected chi connectivity index (χ0v) is 8.49. The van der Waals surface area contributed by atoms with E-state index in [9.17, 15) is 12.8 Å². The third kappa shape index (κ3) is 3.32. The Bertz CT molecular complexity index is 414. The van der Waals surface area contributed by atoms with Crippen molar-refractivity contribution < 1.29 is 12.8 Å². The van der Waals surface area contributed by atoms with Gasteiger partial charge >= 0.3 is 0 Å². The van der Waals surface area contributed by atoms with Crippen LogP contribution in [-0.2, 0) is 14.8 Å². The van der Waals surface area contributed by atoms with Gasteiger partial charge in [0.15, 0.2) is 0 Å². The quantitative estimate of drug-likeness (QED) is 0.719. The minimum absolute atomic E-state index is 0.106. The van der Waals surface area contributed by atoms with Crippen molar-refractivity contribution in [2.45, 2.75) is 12.7 Å². The van der Waals surface area contributed by atoms with Gasteiger partial charge in [-0.05, 0) is 13.0 Å². The van der Waals surface area contributed by atoms with E-state index in [0.717, 1.165) is 5.56 Å². The predicted molar refractivity (Wildman–Crippen MR) is 49.6 cm³/mol. The lowest BCUT2D eigenvalue weighted by molar-refractivity contribution is 0.597. The first kappa shape index (κ1) is 10.5. The van der Waals surface area contributed by atoms with Gasteiger partial charge in [-0.3, -0.25) is 0 Å². The third-order valence-electron chi connectivity index (χ3n) is 1.53. The molecule has 0 fully saturated rings. The van der Waals surface area contributed by atoms with Crippen LogP contribution in [0.25, 0.3) is 0 Å². The van der Waals surface area contributed by atoms with Crippen LogP contribution in [0.1, 0.15) is 11.1 Å². The summed E-state index contributed by atoms with van der Waals surface area (Å²) in [5, 5.41) is 0. The molecule has 13 heavy (non-hydrogen) atoms. The SMILES string of the molecule is Cc1ccc(F)c(CS(=O)(=O)Cl)c1. The summed E-state index contributed by atoms with van der Waals surface area (Å²) in [4.78, 5) is 0. The fourth-order valence-corrected chi connectivity index (χ4v) is 1.95. The molecule has 0 bridgehead atoms.